The van der Waals surface area contributed by atoms with Crippen molar-refractivity contribution in [3.8, 4) is 11.1 Å². The number of amides is 1. The molecule has 2 rings (SSSR count). The Morgan fingerprint density at radius 2 is 1.55 bits per heavy atom. The van der Waals surface area contributed by atoms with Crippen molar-refractivity contribution >= 4 is 12.1 Å². The summed E-state index contributed by atoms with van der Waals surface area (Å²) in [5, 5.41) is 11.7. The van der Waals surface area contributed by atoms with Gasteiger partial charge in [0.25, 0.3) is 0 Å². The second-order valence-electron chi connectivity index (χ2n) is 8.98. The van der Waals surface area contributed by atoms with Crippen molar-refractivity contribution in [3.63, 3.8) is 0 Å². The van der Waals surface area contributed by atoms with E-state index in [1.54, 1.807) is 20.8 Å². The van der Waals surface area contributed by atoms with Gasteiger partial charge in [0.15, 0.2) is 0 Å². The first-order chi connectivity index (χ1) is 15.0. The molecule has 2 N–H and O–H groups in total. The van der Waals surface area contributed by atoms with Crippen molar-refractivity contribution in [2.45, 2.75) is 65.8 Å². The number of ether oxygens (including phenoxy) is 1. The lowest BCUT2D eigenvalue weighted by Crippen LogP contribution is -2.36. The summed E-state index contributed by atoms with van der Waals surface area (Å²) in [6.07, 6.45) is -6.05. The molecule has 1 atom stereocenters. The Morgan fingerprint density at radius 1 is 1.00 bits per heavy atom. The van der Waals surface area contributed by atoms with Gasteiger partial charge < -0.3 is 15.2 Å². The number of carbonyl (C=O) groups is 2. The van der Waals surface area contributed by atoms with Crippen LogP contribution in [-0.2, 0) is 15.7 Å². The first-order valence-electron chi connectivity index (χ1n) is 10.2. The first-order valence-corrected chi connectivity index (χ1v) is 10.2. The van der Waals surface area contributed by atoms with Gasteiger partial charge in [0.2, 0.25) is 0 Å². The molecule has 180 valence electrons. The smallest absolute Gasteiger partial charge is 0.416 e. The fourth-order valence-corrected chi connectivity index (χ4v) is 3.64. The molecule has 33 heavy (non-hydrogen) atoms. The number of carboxylic acids is 1. The van der Waals surface area contributed by atoms with Gasteiger partial charge in [0.05, 0.1) is 18.0 Å². The minimum atomic E-state index is -4.51. The summed E-state index contributed by atoms with van der Waals surface area (Å²) in [5.41, 5.74) is -0.0611. The van der Waals surface area contributed by atoms with Crippen LogP contribution in [-0.4, -0.2) is 22.8 Å². The number of rotatable bonds is 5. The van der Waals surface area contributed by atoms with Gasteiger partial charge in [-0.1, -0.05) is 0 Å². The number of aryl methyl sites for hydroxylation is 3. The Labute approximate surface area is 189 Å². The maximum atomic E-state index is 15.1. The van der Waals surface area contributed by atoms with Gasteiger partial charge >= 0.3 is 18.2 Å². The summed E-state index contributed by atoms with van der Waals surface area (Å²) in [7, 11) is 0. The first kappa shape index (κ1) is 26.2. The lowest BCUT2D eigenvalue weighted by molar-refractivity contribution is -0.138. The molecule has 0 saturated carbocycles. The number of carbonyl (C=O) groups excluding carboxylic acids is 1. The molecular formula is C24H27F4NO4. The van der Waals surface area contributed by atoms with Crippen LogP contribution in [0.4, 0.5) is 22.4 Å². The highest BCUT2D eigenvalue weighted by molar-refractivity contribution is 5.75. The largest absolute Gasteiger partial charge is 0.481 e. The van der Waals surface area contributed by atoms with Crippen LogP contribution in [0.5, 0.6) is 0 Å². The van der Waals surface area contributed by atoms with E-state index in [-0.39, 0.29) is 11.1 Å². The monoisotopic (exact) mass is 469 g/mol. The Balaban J connectivity index is 2.60. The number of halogens is 4. The number of aliphatic carboxylic acids is 1. The van der Waals surface area contributed by atoms with E-state index in [0.29, 0.717) is 22.3 Å². The maximum Gasteiger partial charge on any atom is 0.416 e. The number of nitrogens with one attached hydrogen (secondary N) is 1. The predicted molar refractivity (Wildman–Crippen MR) is 115 cm³/mol. The summed E-state index contributed by atoms with van der Waals surface area (Å²) in [6.45, 7) is 9.37. The number of benzene rings is 2. The van der Waals surface area contributed by atoms with Gasteiger partial charge in [-0.15, -0.1) is 0 Å². The quantitative estimate of drug-likeness (QED) is 0.492. The van der Waals surface area contributed by atoms with E-state index in [9.17, 15) is 27.9 Å². The molecule has 0 bridgehead atoms. The molecule has 0 aromatic heterocycles. The Hall–Kier alpha value is -3.10. The molecule has 9 heteroatoms. The number of alkyl carbamates (subject to hydrolysis) is 1. The summed E-state index contributed by atoms with van der Waals surface area (Å²) in [5.74, 6) is -2.00. The lowest BCUT2D eigenvalue weighted by Gasteiger charge is -2.24. The second-order valence-corrected chi connectivity index (χ2v) is 8.98. The molecule has 0 aliphatic rings. The van der Waals surface area contributed by atoms with E-state index in [2.05, 4.69) is 5.32 Å². The van der Waals surface area contributed by atoms with E-state index in [4.69, 9.17) is 4.74 Å². The zero-order valence-electron chi connectivity index (χ0n) is 19.3. The van der Waals surface area contributed by atoms with Crippen LogP contribution >= 0.6 is 0 Å². The third kappa shape index (κ3) is 6.69. The molecule has 1 unspecified atom stereocenters. The molecule has 0 saturated heterocycles. The van der Waals surface area contributed by atoms with Gasteiger partial charge in [-0.25, -0.2) is 9.18 Å². The summed E-state index contributed by atoms with van der Waals surface area (Å²) < 4.78 is 59.8. The molecule has 2 aromatic carbocycles. The van der Waals surface area contributed by atoms with E-state index in [0.717, 1.165) is 12.1 Å². The van der Waals surface area contributed by atoms with Crippen LogP contribution < -0.4 is 5.32 Å². The lowest BCUT2D eigenvalue weighted by atomic mass is 9.89. The number of alkyl halides is 3. The summed E-state index contributed by atoms with van der Waals surface area (Å²) in [6, 6.07) is 3.59. The zero-order chi connectivity index (χ0) is 25.3. The Kier molecular flexibility index (Phi) is 7.46. The molecule has 5 nitrogen and oxygen atoms in total. The molecule has 0 spiro atoms. The van der Waals surface area contributed by atoms with Crippen LogP contribution in [0.25, 0.3) is 11.1 Å². The fourth-order valence-electron chi connectivity index (χ4n) is 3.64. The van der Waals surface area contributed by atoms with Crippen molar-refractivity contribution in [1.29, 1.82) is 0 Å². The van der Waals surface area contributed by atoms with Crippen molar-refractivity contribution in [1.82, 2.24) is 5.32 Å². The van der Waals surface area contributed by atoms with E-state index in [1.165, 1.54) is 32.9 Å². The average Bonchev–Trinajstić information content (AvgIpc) is 2.60. The van der Waals surface area contributed by atoms with Crippen LogP contribution in [0.15, 0.2) is 24.3 Å². The molecule has 1 amide bonds. The summed E-state index contributed by atoms with van der Waals surface area (Å²) in [4.78, 5) is 23.7. The van der Waals surface area contributed by atoms with Crippen molar-refractivity contribution in [2.24, 2.45) is 0 Å². The van der Waals surface area contributed by atoms with Gasteiger partial charge in [-0.05, 0) is 93.6 Å². The van der Waals surface area contributed by atoms with Crippen molar-refractivity contribution in [2.75, 3.05) is 0 Å². The van der Waals surface area contributed by atoms with Gasteiger partial charge in [0.1, 0.15) is 11.4 Å². The van der Waals surface area contributed by atoms with Gasteiger partial charge in [-0.2, -0.15) is 13.2 Å². The van der Waals surface area contributed by atoms with Crippen LogP contribution in [0.1, 0.15) is 61.1 Å². The van der Waals surface area contributed by atoms with Crippen LogP contribution in [0.3, 0.4) is 0 Å². The van der Waals surface area contributed by atoms with Crippen LogP contribution in [0, 0.1) is 26.6 Å². The Morgan fingerprint density at radius 3 is 2.00 bits per heavy atom. The van der Waals surface area contributed by atoms with E-state index < -0.39 is 47.7 Å². The topological polar surface area (TPSA) is 75.6 Å². The number of hydrogen-bond acceptors (Lipinski definition) is 3. The van der Waals surface area contributed by atoms with Crippen molar-refractivity contribution in [3.05, 3.63) is 57.9 Å². The van der Waals surface area contributed by atoms with Crippen molar-refractivity contribution < 1.29 is 37.0 Å². The highest BCUT2D eigenvalue weighted by Crippen LogP contribution is 2.37. The third-order valence-corrected chi connectivity index (χ3v) is 4.88. The highest BCUT2D eigenvalue weighted by Gasteiger charge is 2.32. The molecule has 2 aromatic rings. The molecule has 0 fully saturated rings. The normalized spacial score (nSPS) is 12.9. The van der Waals surface area contributed by atoms with Crippen LogP contribution in [0.2, 0.25) is 0 Å². The average molecular weight is 469 g/mol. The third-order valence-electron chi connectivity index (χ3n) is 4.88. The number of carboxylic acid groups (broad SMARTS) is 1. The molecular weight excluding hydrogens is 442 g/mol. The Bertz CT molecular complexity index is 1050. The number of hydrogen-bond donors (Lipinski definition) is 2. The molecule has 0 heterocycles. The molecule has 0 aliphatic carbocycles. The molecule has 0 radical (unpaired) electrons. The zero-order valence-corrected chi connectivity index (χ0v) is 19.3. The van der Waals surface area contributed by atoms with Gasteiger partial charge in [-0.3, -0.25) is 4.79 Å². The van der Waals surface area contributed by atoms with E-state index >= 15 is 4.39 Å². The van der Waals surface area contributed by atoms with Gasteiger partial charge in [0, 0.05) is 5.56 Å². The highest BCUT2D eigenvalue weighted by atomic mass is 19.4. The second kappa shape index (κ2) is 9.41. The minimum Gasteiger partial charge on any atom is -0.481 e. The fraction of sp³-hybridized carbons (Fsp3) is 0.417. The maximum absolute atomic E-state index is 15.1. The minimum absolute atomic E-state index is 0.100. The molecule has 0 aliphatic heterocycles. The summed E-state index contributed by atoms with van der Waals surface area (Å²) >= 11 is 0. The van der Waals surface area contributed by atoms with E-state index in [1.807, 2.05) is 0 Å². The standard InChI is InChI=1S/C24H27F4NO4/c1-12-8-16(24(26,27)28)9-13(2)20(12)15-7-14(3)21(25)17(10-15)18(11-19(30)31)29-22(32)33-23(4,5)6/h7-10,18H,11H2,1-6H3,(H,29,32)(H,30,31). The SMILES string of the molecule is Cc1cc(-c2c(C)cc(C(F)(F)F)cc2C)cc(C(CC(=O)O)NC(=O)OC(C)(C)C)c1F. The predicted octanol–water partition coefficient (Wildman–Crippen LogP) is 6.48.